The quantitative estimate of drug-likeness (QED) is 0.656. The molecule has 0 amide bonds. The number of hydrogen-bond acceptors (Lipinski definition) is 3. The third kappa shape index (κ3) is 4.61. The van der Waals surface area contributed by atoms with Crippen molar-refractivity contribution >= 4 is 17.7 Å². The number of halogens is 1. The zero-order valence-electron chi connectivity index (χ0n) is 12.5. The number of rotatable bonds is 4. The fourth-order valence-corrected chi connectivity index (χ4v) is 3.64. The molecule has 1 fully saturated rings. The van der Waals surface area contributed by atoms with Gasteiger partial charge in [-0.05, 0) is 29.9 Å². The molecule has 0 aromatic heterocycles. The average molecular weight is 311 g/mol. The minimum absolute atomic E-state index is 0.235. The molecule has 2 N–H and O–H groups in total. The van der Waals surface area contributed by atoms with Gasteiger partial charge in [0.1, 0.15) is 5.82 Å². The molecule has 0 radical (unpaired) electrons. The molecule has 0 spiro atoms. The van der Waals surface area contributed by atoms with E-state index in [1.165, 1.54) is 12.1 Å². The minimum Gasteiger partial charge on any atom is -0.387 e. The van der Waals surface area contributed by atoms with Crippen LogP contribution in [-0.4, -0.2) is 53.7 Å². The predicted octanol–water partition coefficient (Wildman–Crippen LogP) is 1.70. The van der Waals surface area contributed by atoms with E-state index in [0.29, 0.717) is 19.0 Å². The highest BCUT2D eigenvalue weighted by molar-refractivity contribution is 7.99. The largest absolute Gasteiger partial charge is 0.387 e. The van der Waals surface area contributed by atoms with E-state index in [4.69, 9.17) is 0 Å². The molecule has 1 aliphatic heterocycles. The van der Waals surface area contributed by atoms with Gasteiger partial charge in [-0.15, -0.1) is 0 Å². The van der Waals surface area contributed by atoms with Crippen LogP contribution in [0.4, 0.5) is 4.39 Å². The zero-order valence-corrected chi connectivity index (χ0v) is 13.3. The standard InChI is InChI=1S/C15H22FN3OS/c1-17-14(18-10-15(20)6-7-21-11-15)19(2)9-12-4-3-5-13(16)8-12/h3-5,8,20H,6-7,9-11H2,1-2H3,(H,17,18). The maximum atomic E-state index is 13.2. The number of benzene rings is 1. The van der Waals surface area contributed by atoms with Crippen molar-refractivity contribution in [2.45, 2.75) is 18.6 Å². The third-order valence-corrected chi connectivity index (χ3v) is 4.77. The molecule has 1 aliphatic rings. The Balaban J connectivity index is 1.91. The molecule has 2 rings (SSSR count). The Kier molecular flexibility index (Phi) is 5.47. The van der Waals surface area contributed by atoms with E-state index < -0.39 is 5.60 Å². The molecule has 0 bridgehead atoms. The summed E-state index contributed by atoms with van der Waals surface area (Å²) in [5.41, 5.74) is 0.232. The van der Waals surface area contributed by atoms with Gasteiger partial charge in [0.25, 0.3) is 0 Å². The van der Waals surface area contributed by atoms with Gasteiger partial charge < -0.3 is 15.3 Å². The molecule has 1 aromatic rings. The summed E-state index contributed by atoms with van der Waals surface area (Å²) < 4.78 is 13.2. The number of thioether (sulfide) groups is 1. The highest BCUT2D eigenvalue weighted by Gasteiger charge is 2.31. The van der Waals surface area contributed by atoms with Crippen molar-refractivity contribution in [2.75, 3.05) is 32.1 Å². The maximum Gasteiger partial charge on any atom is 0.193 e. The first-order valence-corrected chi connectivity index (χ1v) is 8.14. The molecule has 1 aromatic carbocycles. The van der Waals surface area contributed by atoms with Gasteiger partial charge in [0.05, 0.1) is 5.60 Å². The summed E-state index contributed by atoms with van der Waals surface area (Å²) in [5, 5.41) is 13.5. The van der Waals surface area contributed by atoms with E-state index in [-0.39, 0.29) is 5.82 Å². The summed E-state index contributed by atoms with van der Waals surface area (Å²) in [4.78, 5) is 6.14. The van der Waals surface area contributed by atoms with Crippen LogP contribution in [0.3, 0.4) is 0 Å². The van der Waals surface area contributed by atoms with Gasteiger partial charge in [0, 0.05) is 32.9 Å². The second kappa shape index (κ2) is 7.13. The molecule has 116 valence electrons. The Morgan fingerprint density at radius 2 is 2.38 bits per heavy atom. The van der Waals surface area contributed by atoms with Crippen LogP contribution in [0, 0.1) is 5.82 Å². The number of guanidine groups is 1. The summed E-state index contributed by atoms with van der Waals surface area (Å²) in [6, 6.07) is 6.54. The normalized spacial score (nSPS) is 22.4. The van der Waals surface area contributed by atoms with Crippen molar-refractivity contribution in [3.05, 3.63) is 35.6 Å². The fraction of sp³-hybridized carbons (Fsp3) is 0.533. The van der Waals surface area contributed by atoms with E-state index in [1.54, 1.807) is 24.9 Å². The van der Waals surface area contributed by atoms with Gasteiger partial charge in [-0.2, -0.15) is 11.8 Å². The first-order valence-electron chi connectivity index (χ1n) is 6.99. The molecule has 0 saturated carbocycles. The van der Waals surface area contributed by atoms with Crippen molar-refractivity contribution in [1.82, 2.24) is 10.2 Å². The summed E-state index contributed by atoms with van der Waals surface area (Å²) in [6.07, 6.45) is 0.801. The smallest absolute Gasteiger partial charge is 0.193 e. The molecule has 1 saturated heterocycles. The van der Waals surface area contributed by atoms with E-state index in [2.05, 4.69) is 10.3 Å². The molecular weight excluding hydrogens is 289 g/mol. The molecular formula is C15H22FN3OS. The highest BCUT2D eigenvalue weighted by atomic mass is 32.2. The highest BCUT2D eigenvalue weighted by Crippen LogP contribution is 2.26. The summed E-state index contributed by atoms with van der Waals surface area (Å²) in [5.74, 6) is 2.21. The lowest BCUT2D eigenvalue weighted by Gasteiger charge is -2.27. The van der Waals surface area contributed by atoms with E-state index in [9.17, 15) is 9.50 Å². The summed E-state index contributed by atoms with van der Waals surface area (Å²) in [7, 11) is 3.60. The Labute approximate surface area is 129 Å². The number of aliphatic hydroxyl groups is 1. The van der Waals surface area contributed by atoms with Gasteiger partial charge in [0.2, 0.25) is 0 Å². The molecule has 1 heterocycles. The van der Waals surface area contributed by atoms with Crippen LogP contribution in [0.25, 0.3) is 0 Å². The number of nitrogens with zero attached hydrogens (tertiary/aromatic N) is 2. The van der Waals surface area contributed by atoms with Gasteiger partial charge in [0.15, 0.2) is 5.96 Å². The Morgan fingerprint density at radius 1 is 1.57 bits per heavy atom. The third-order valence-electron chi connectivity index (χ3n) is 3.54. The molecule has 0 aliphatic carbocycles. The van der Waals surface area contributed by atoms with Crippen molar-refractivity contribution < 1.29 is 9.50 Å². The molecule has 1 atom stereocenters. The van der Waals surface area contributed by atoms with Crippen LogP contribution < -0.4 is 5.32 Å². The Hall–Kier alpha value is -1.27. The molecule has 1 unspecified atom stereocenters. The lowest BCUT2D eigenvalue weighted by atomic mass is 10.0. The fourth-order valence-electron chi connectivity index (χ4n) is 2.35. The van der Waals surface area contributed by atoms with Crippen LogP contribution >= 0.6 is 11.8 Å². The van der Waals surface area contributed by atoms with Gasteiger partial charge in [-0.3, -0.25) is 4.99 Å². The number of hydrogen-bond donors (Lipinski definition) is 2. The molecule has 21 heavy (non-hydrogen) atoms. The van der Waals surface area contributed by atoms with Crippen LogP contribution in [0.2, 0.25) is 0 Å². The predicted molar refractivity (Wildman–Crippen MR) is 86.1 cm³/mol. The second-order valence-corrected chi connectivity index (χ2v) is 6.52. The maximum absolute atomic E-state index is 13.2. The van der Waals surface area contributed by atoms with Gasteiger partial charge in [-0.1, -0.05) is 12.1 Å². The first-order chi connectivity index (χ1) is 10.0. The van der Waals surface area contributed by atoms with E-state index in [1.807, 2.05) is 18.0 Å². The van der Waals surface area contributed by atoms with Gasteiger partial charge >= 0.3 is 0 Å². The van der Waals surface area contributed by atoms with Crippen molar-refractivity contribution in [3.63, 3.8) is 0 Å². The molecule has 4 nitrogen and oxygen atoms in total. The van der Waals surface area contributed by atoms with Crippen LogP contribution in [0.5, 0.6) is 0 Å². The van der Waals surface area contributed by atoms with Crippen LogP contribution in [-0.2, 0) is 6.54 Å². The lowest BCUT2D eigenvalue weighted by Crippen LogP contribution is -2.47. The Morgan fingerprint density at radius 3 is 3.00 bits per heavy atom. The average Bonchev–Trinajstić information content (AvgIpc) is 2.86. The molecule has 6 heteroatoms. The first kappa shape index (κ1) is 16.1. The second-order valence-electron chi connectivity index (χ2n) is 5.41. The van der Waals surface area contributed by atoms with E-state index >= 15 is 0 Å². The van der Waals surface area contributed by atoms with Crippen molar-refractivity contribution in [3.8, 4) is 0 Å². The summed E-state index contributed by atoms with van der Waals surface area (Å²) >= 11 is 1.77. The van der Waals surface area contributed by atoms with E-state index in [0.717, 1.165) is 23.5 Å². The lowest BCUT2D eigenvalue weighted by molar-refractivity contribution is 0.0718. The SMILES string of the molecule is CN=C(NCC1(O)CCSC1)N(C)Cc1cccc(F)c1. The van der Waals surface area contributed by atoms with Crippen molar-refractivity contribution in [2.24, 2.45) is 4.99 Å². The van der Waals surface area contributed by atoms with Gasteiger partial charge in [-0.25, -0.2) is 4.39 Å². The Bertz CT molecular complexity index is 503. The summed E-state index contributed by atoms with van der Waals surface area (Å²) in [6.45, 7) is 1.05. The topological polar surface area (TPSA) is 47.9 Å². The van der Waals surface area contributed by atoms with Crippen LogP contribution in [0.15, 0.2) is 29.3 Å². The number of nitrogens with one attached hydrogen (secondary N) is 1. The zero-order chi connectivity index (χ0) is 15.3. The van der Waals surface area contributed by atoms with Crippen LogP contribution in [0.1, 0.15) is 12.0 Å². The van der Waals surface area contributed by atoms with Crippen molar-refractivity contribution in [1.29, 1.82) is 0 Å². The minimum atomic E-state index is -0.652. The monoisotopic (exact) mass is 311 g/mol. The number of aliphatic imine (C=N–C) groups is 1.